The van der Waals surface area contributed by atoms with Crippen molar-refractivity contribution in [3.63, 3.8) is 0 Å². The van der Waals surface area contributed by atoms with E-state index in [0.717, 1.165) is 48.1 Å². The van der Waals surface area contributed by atoms with Crippen molar-refractivity contribution in [1.29, 1.82) is 0 Å². The molecular formula is C14H20N4O2S. The number of hydrogen-bond donors (Lipinski definition) is 1. The van der Waals surface area contributed by atoms with Crippen LogP contribution in [0.5, 0.6) is 0 Å². The predicted molar refractivity (Wildman–Crippen MR) is 83.7 cm³/mol. The van der Waals surface area contributed by atoms with Crippen molar-refractivity contribution in [1.82, 2.24) is 20.1 Å². The Hall–Kier alpha value is -1.57. The third kappa shape index (κ3) is 4.73. The first-order valence-corrected chi connectivity index (χ1v) is 7.71. The molecule has 0 fully saturated rings. The van der Waals surface area contributed by atoms with Gasteiger partial charge in [0.15, 0.2) is 0 Å². The van der Waals surface area contributed by atoms with E-state index in [9.17, 15) is 4.79 Å². The van der Waals surface area contributed by atoms with Gasteiger partial charge in [0.1, 0.15) is 10.0 Å². The van der Waals surface area contributed by atoms with Crippen molar-refractivity contribution in [2.24, 2.45) is 7.05 Å². The maximum absolute atomic E-state index is 11.6. The Balaban J connectivity index is 1.86. The van der Waals surface area contributed by atoms with Crippen LogP contribution in [0.3, 0.4) is 0 Å². The number of nitrogens with zero attached hydrogens (tertiary/aromatic N) is 3. The van der Waals surface area contributed by atoms with Crippen LogP contribution in [-0.4, -0.2) is 41.6 Å². The van der Waals surface area contributed by atoms with Gasteiger partial charge in [0, 0.05) is 44.9 Å². The van der Waals surface area contributed by atoms with E-state index < -0.39 is 0 Å². The molecule has 21 heavy (non-hydrogen) atoms. The summed E-state index contributed by atoms with van der Waals surface area (Å²) in [6, 6.07) is 3.48. The average Bonchev–Trinajstić information content (AvgIpc) is 2.94. The summed E-state index contributed by atoms with van der Waals surface area (Å²) in [4.78, 5) is 11.6. The Morgan fingerprint density at radius 1 is 1.38 bits per heavy atom. The number of pyridine rings is 1. The largest absolute Gasteiger partial charge is 0.383 e. The lowest BCUT2D eigenvalue weighted by Gasteiger charge is -2.01. The van der Waals surface area contributed by atoms with E-state index in [1.54, 1.807) is 37.8 Å². The van der Waals surface area contributed by atoms with E-state index in [-0.39, 0.29) is 5.56 Å². The Morgan fingerprint density at radius 3 is 3.00 bits per heavy atom. The van der Waals surface area contributed by atoms with Crippen molar-refractivity contribution in [2.45, 2.75) is 12.8 Å². The zero-order chi connectivity index (χ0) is 15.1. The number of aryl methyl sites for hydroxylation is 2. The first-order chi connectivity index (χ1) is 10.2. The van der Waals surface area contributed by atoms with Gasteiger partial charge in [-0.1, -0.05) is 11.3 Å². The first kappa shape index (κ1) is 15.8. The minimum absolute atomic E-state index is 0.0356. The third-order valence-corrected chi connectivity index (χ3v) is 4.08. The highest BCUT2D eigenvalue weighted by Crippen LogP contribution is 2.22. The molecular weight excluding hydrogens is 288 g/mol. The fourth-order valence-electron chi connectivity index (χ4n) is 1.82. The van der Waals surface area contributed by atoms with Crippen LogP contribution in [0, 0.1) is 0 Å². The van der Waals surface area contributed by atoms with Crippen LogP contribution in [0.4, 0.5) is 0 Å². The lowest BCUT2D eigenvalue weighted by molar-refractivity contribution is 0.199. The zero-order valence-corrected chi connectivity index (χ0v) is 13.2. The standard InChI is InChI=1S/C14H20N4O2S/c1-18-8-5-11(10-13(18)19)14-17-16-12(21-14)4-3-6-15-7-9-20-2/h5,8,10,15H,3-4,6-7,9H2,1-2H3. The number of nitrogens with one attached hydrogen (secondary N) is 1. The molecule has 6 nitrogen and oxygen atoms in total. The molecule has 0 aliphatic carbocycles. The molecule has 0 amide bonds. The van der Waals surface area contributed by atoms with Crippen molar-refractivity contribution < 1.29 is 4.74 Å². The summed E-state index contributed by atoms with van der Waals surface area (Å²) in [6.45, 7) is 2.53. The summed E-state index contributed by atoms with van der Waals surface area (Å²) < 4.78 is 6.51. The smallest absolute Gasteiger partial charge is 0.250 e. The molecule has 2 rings (SSSR count). The van der Waals surface area contributed by atoms with Crippen molar-refractivity contribution >= 4 is 11.3 Å². The lowest BCUT2D eigenvalue weighted by Crippen LogP contribution is -2.20. The number of aromatic nitrogens is 3. The van der Waals surface area contributed by atoms with Gasteiger partial charge in [-0.25, -0.2) is 0 Å². The third-order valence-electron chi connectivity index (χ3n) is 3.05. The Bertz CT molecular complexity index is 623. The molecule has 0 aliphatic heterocycles. The average molecular weight is 308 g/mol. The molecule has 114 valence electrons. The van der Waals surface area contributed by atoms with Crippen molar-refractivity contribution in [2.75, 3.05) is 26.8 Å². The minimum atomic E-state index is -0.0356. The molecule has 0 atom stereocenters. The van der Waals surface area contributed by atoms with Crippen LogP contribution in [-0.2, 0) is 18.2 Å². The second-order valence-electron chi connectivity index (χ2n) is 4.71. The highest BCUT2D eigenvalue weighted by molar-refractivity contribution is 7.14. The molecule has 0 spiro atoms. The topological polar surface area (TPSA) is 69.0 Å². The van der Waals surface area contributed by atoms with Gasteiger partial charge >= 0.3 is 0 Å². The van der Waals surface area contributed by atoms with Gasteiger partial charge in [-0.2, -0.15) is 0 Å². The van der Waals surface area contributed by atoms with E-state index in [1.807, 2.05) is 6.07 Å². The highest BCUT2D eigenvalue weighted by atomic mass is 32.1. The monoisotopic (exact) mass is 308 g/mol. The van der Waals surface area contributed by atoms with Gasteiger partial charge in [0.2, 0.25) is 0 Å². The van der Waals surface area contributed by atoms with Crippen LogP contribution < -0.4 is 10.9 Å². The molecule has 0 saturated carbocycles. The molecule has 0 radical (unpaired) electrons. The number of hydrogen-bond acceptors (Lipinski definition) is 6. The molecule has 0 aromatic carbocycles. The second-order valence-corrected chi connectivity index (χ2v) is 5.77. The SMILES string of the molecule is COCCNCCCc1nnc(-c2ccn(C)c(=O)c2)s1. The summed E-state index contributed by atoms with van der Waals surface area (Å²) in [5, 5.41) is 13.4. The van der Waals surface area contributed by atoms with E-state index in [4.69, 9.17) is 4.74 Å². The Labute approximate surface area is 127 Å². The maximum atomic E-state index is 11.6. The number of methoxy groups -OCH3 is 1. The molecule has 0 bridgehead atoms. The van der Waals surface area contributed by atoms with E-state index in [1.165, 1.54) is 4.57 Å². The Morgan fingerprint density at radius 2 is 2.24 bits per heavy atom. The number of ether oxygens (including phenoxy) is 1. The van der Waals surface area contributed by atoms with Crippen LogP contribution in [0.2, 0.25) is 0 Å². The van der Waals surface area contributed by atoms with Gasteiger partial charge in [-0.15, -0.1) is 10.2 Å². The van der Waals surface area contributed by atoms with Gasteiger partial charge in [0.05, 0.1) is 6.61 Å². The molecule has 0 aliphatic rings. The van der Waals surface area contributed by atoms with Gasteiger partial charge < -0.3 is 14.6 Å². The summed E-state index contributed by atoms with van der Waals surface area (Å²) in [5.74, 6) is 0. The zero-order valence-electron chi connectivity index (χ0n) is 12.3. The van der Waals surface area contributed by atoms with E-state index >= 15 is 0 Å². The van der Waals surface area contributed by atoms with Crippen LogP contribution in [0.1, 0.15) is 11.4 Å². The molecule has 2 heterocycles. The van der Waals surface area contributed by atoms with E-state index in [0.29, 0.717) is 0 Å². The van der Waals surface area contributed by atoms with E-state index in [2.05, 4.69) is 15.5 Å². The van der Waals surface area contributed by atoms with Gasteiger partial charge in [-0.05, 0) is 19.0 Å². The minimum Gasteiger partial charge on any atom is -0.383 e. The maximum Gasteiger partial charge on any atom is 0.250 e. The molecule has 0 saturated heterocycles. The summed E-state index contributed by atoms with van der Waals surface area (Å²) in [5.41, 5.74) is 0.798. The van der Waals surface area contributed by atoms with Crippen molar-refractivity contribution in [3.05, 3.63) is 33.7 Å². The molecule has 0 unspecified atom stereocenters. The van der Waals surface area contributed by atoms with Gasteiger partial charge in [-0.3, -0.25) is 4.79 Å². The van der Waals surface area contributed by atoms with Crippen LogP contribution in [0.25, 0.3) is 10.6 Å². The highest BCUT2D eigenvalue weighted by Gasteiger charge is 2.07. The summed E-state index contributed by atoms with van der Waals surface area (Å²) >= 11 is 1.55. The molecule has 1 N–H and O–H groups in total. The van der Waals surface area contributed by atoms with Crippen LogP contribution >= 0.6 is 11.3 Å². The first-order valence-electron chi connectivity index (χ1n) is 6.90. The fraction of sp³-hybridized carbons (Fsp3) is 0.500. The molecule has 2 aromatic rings. The number of rotatable bonds is 8. The second kappa shape index (κ2) is 8.02. The Kier molecular flexibility index (Phi) is 6.04. The normalized spacial score (nSPS) is 11.0. The quantitative estimate of drug-likeness (QED) is 0.739. The lowest BCUT2D eigenvalue weighted by atomic mass is 10.3. The summed E-state index contributed by atoms with van der Waals surface area (Å²) in [7, 11) is 3.43. The molecule has 7 heteroatoms. The summed E-state index contributed by atoms with van der Waals surface area (Å²) in [6.07, 6.45) is 3.65. The molecule has 2 aromatic heterocycles. The van der Waals surface area contributed by atoms with Crippen LogP contribution in [0.15, 0.2) is 23.1 Å². The predicted octanol–water partition coefficient (Wildman–Crippen LogP) is 1.07. The van der Waals surface area contributed by atoms with Gasteiger partial charge in [0.25, 0.3) is 5.56 Å². The fourth-order valence-corrected chi connectivity index (χ4v) is 2.69. The van der Waals surface area contributed by atoms with Crippen molar-refractivity contribution in [3.8, 4) is 10.6 Å².